The molecule has 9 heteroatoms. The molecule has 42 heavy (non-hydrogen) atoms. The molecule has 3 aromatic rings. The normalized spacial score (nSPS) is 14.8. The molecule has 1 aliphatic rings. The first-order valence-corrected chi connectivity index (χ1v) is 17.3. The number of hydrogen-bond acceptors (Lipinski definition) is 7. The van der Waals surface area contributed by atoms with Crippen LogP contribution in [-0.4, -0.2) is 51.2 Å². The summed E-state index contributed by atoms with van der Waals surface area (Å²) in [6.45, 7) is 14.9. The average Bonchev–Trinajstić information content (AvgIpc) is 3.56. The molecule has 2 aromatic carbocycles. The highest BCUT2D eigenvalue weighted by atomic mass is 32.1. The molecular formula is C33H44N2O5SSi. The van der Waals surface area contributed by atoms with E-state index in [1.54, 1.807) is 14.0 Å². The number of anilines is 1. The fraction of sp³-hybridized carbons (Fsp3) is 0.485. The topological polar surface area (TPSA) is 78.0 Å². The van der Waals surface area contributed by atoms with Crippen molar-refractivity contribution in [3.05, 3.63) is 71.2 Å². The van der Waals surface area contributed by atoms with Gasteiger partial charge >= 0.3 is 12.1 Å². The maximum Gasteiger partial charge on any atom is 0.416 e. The minimum absolute atomic E-state index is 0.122. The Morgan fingerprint density at radius 3 is 1.95 bits per heavy atom. The highest BCUT2D eigenvalue weighted by molar-refractivity contribution is 7.16. The van der Waals surface area contributed by atoms with E-state index in [0.717, 1.165) is 17.7 Å². The van der Waals surface area contributed by atoms with Gasteiger partial charge in [0, 0.05) is 18.5 Å². The molecule has 0 unspecified atom stereocenters. The van der Waals surface area contributed by atoms with Crippen LogP contribution in [0.2, 0.25) is 5.04 Å². The van der Waals surface area contributed by atoms with Crippen LogP contribution in [0.4, 0.5) is 9.93 Å². The predicted octanol–water partition coefficient (Wildman–Crippen LogP) is 6.59. The second-order valence-corrected chi connectivity index (χ2v) is 18.5. The zero-order chi connectivity index (χ0) is 30.8. The monoisotopic (exact) mass is 608 g/mol. The summed E-state index contributed by atoms with van der Waals surface area (Å²) >= 11 is 1.34. The number of carbonyl (C=O) groups is 2. The Morgan fingerprint density at radius 2 is 1.50 bits per heavy atom. The summed E-state index contributed by atoms with van der Waals surface area (Å²) < 4.78 is 18.2. The van der Waals surface area contributed by atoms with Crippen LogP contribution in [0.15, 0.2) is 60.7 Å². The van der Waals surface area contributed by atoms with Gasteiger partial charge in [-0.05, 0) is 67.8 Å². The lowest BCUT2D eigenvalue weighted by Gasteiger charge is -2.44. The van der Waals surface area contributed by atoms with Crippen LogP contribution in [0, 0.1) is 5.41 Å². The van der Waals surface area contributed by atoms with Crippen LogP contribution in [0.25, 0.3) is 0 Å². The van der Waals surface area contributed by atoms with Crippen LogP contribution < -0.4 is 15.3 Å². The van der Waals surface area contributed by atoms with E-state index in [9.17, 15) is 9.59 Å². The SMILES string of the molecule is CCOC(=O)c1nc(N(C)C(=O)OC(C)(C)C)sc1CC1(CO[Si](c2ccccc2)(c2ccccc2)C(C)(C)C)CC1. The van der Waals surface area contributed by atoms with Crippen molar-refractivity contribution in [2.24, 2.45) is 5.41 Å². The van der Waals surface area contributed by atoms with E-state index in [0.29, 0.717) is 18.2 Å². The molecule has 1 heterocycles. The highest BCUT2D eigenvalue weighted by Crippen LogP contribution is 2.51. The van der Waals surface area contributed by atoms with Gasteiger partial charge in [-0.1, -0.05) is 81.4 Å². The first-order valence-electron chi connectivity index (χ1n) is 14.6. The molecule has 4 rings (SSSR count). The minimum Gasteiger partial charge on any atom is -0.461 e. The smallest absolute Gasteiger partial charge is 0.416 e. The quantitative estimate of drug-likeness (QED) is 0.191. The molecule has 226 valence electrons. The predicted molar refractivity (Wildman–Crippen MR) is 172 cm³/mol. The minimum atomic E-state index is -2.71. The number of ether oxygens (including phenoxy) is 2. The van der Waals surface area contributed by atoms with Crippen molar-refractivity contribution < 1.29 is 23.5 Å². The number of thiazole rings is 1. The van der Waals surface area contributed by atoms with Gasteiger partial charge in [0.2, 0.25) is 0 Å². The van der Waals surface area contributed by atoms with Crippen molar-refractivity contribution in [2.45, 2.75) is 78.4 Å². The van der Waals surface area contributed by atoms with Gasteiger partial charge in [-0.3, -0.25) is 4.90 Å². The maximum atomic E-state index is 13.0. The zero-order valence-electron chi connectivity index (χ0n) is 26.2. The molecule has 1 saturated carbocycles. The van der Waals surface area contributed by atoms with E-state index in [2.05, 4.69) is 74.3 Å². The number of aromatic nitrogens is 1. The van der Waals surface area contributed by atoms with Gasteiger partial charge in [0.25, 0.3) is 8.32 Å². The largest absolute Gasteiger partial charge is 0.461 e. The van der Waals surface area contributed by atoms with Crippen molar-refractivity contribution in [1.29, 1.82) is 0 Å². The van der Waals surface area contributed by atoms with E-state index >= 15 is 0 Å². The van der Waals surface area contributed by atoms with Crippen LogP contribution in [0.5, 0.6) is 0 Å². The maximum absolute atomic E-state index is 13.0. The summed E-state index contributed by atoms with van der Waals surface area (Å²) in [4.78, 5) is 32.5. The number of carbonyl (C=O) groups excluding carboxylic acids is 2. The van der Waals surface area contributed by atoms with Crippen molar-refractivity contribution in [2.75, 3.05) is 25.2 Å². The Morgan fingerprint density at radius 1 is 0.952 bits per heavy atom. The summed E-state index contributed by atoms with van der Waals surface area (Å²) in [5.74, 6) is -0.476. The van der Waals surface area contributed by atoms with Gasteiger partial charge in [0.1, 0.15) is 5.60 Å². The van der Waals surface area contributed by atoms with Crippen molar-refractivity contribution in [3.8, 4) is 0 Å². The molecule has 0 bridgehead atoms. The van der Waals surface area contributed by atoms with E-state index in [4.69, 9.17) is 13.9 Å². The lowest BCUT2D eigenvalue weighted by molar-refractivity contribution is 0.0515. The van der Waals surface area contributed by atoms with Gasteiger partial charge in [-0.15, -0.1) is 11.3 Å². The lowest BCUT2D eigenvalue weighted by atomic mass is 10.0. The summed E-state index contributed by atoms with van der Waals surface area (Å²) in [5.41, 5.74) is -0.502. The fourth-order valence-electron chi connectivity index (χ4n) is 5.28. The Labute approximate surface area is 255 Å². The third kappa shape index (κ3) is 6.96. The van der Waals surface area contributed by atoms with Gasteiger partial charge in [0.05, 0.1) is 6.61 Å². The summed E-state index contributed by atoms with van der Waals surface area (Å²) in [5, 5.41) is 2.76. The van der Waals surface area contributed by atoms with Crippen LogP contribution in [0.1, 0.15) is 76.7 Å². The fourth-order valence-corrected chi connectivity index (χ4v) is 11.1. The number of hydrogen-bond donors (Lipinski definition) is 0. The first-order chi connectivity index (χ1) is 19.7. The summed E-state index contributed by atoms with van der Waals surface area (Å²) in [6, 6.07) is 21.3. The molecule has 0 spiro atoms. The zero-order valence-corrected chi connectivity index (χ0v) is 28.0. The molecule has 0 atom stereocenters. The van der Waals surface area contributed by atoms with Gasteiger partial charge in [-0.25, -0.2) is 14.6 Å². The molecule has 1 aliphatic carbocycles. The van der Waals surface area contributed by atoms with E-state index in [-0.39, 0.29) is 22.8 Å². The number of esters is 1. The van der Waals surface area contributed by atoms with Crippen molar-refractivity contribution in [3.63, 3.8) is 0 Å². The van der Waals surface area contributed by atoms with Gasteiger partial charge in [0.15, 0.2) is 10.8 Å². The standard InChI is InChI=1S/C33H44N2O5SSi/c1-9-38-28(36)27-26(41-29(34-27)35(8)30(37)40-31(2,3)4)22-33(20-21-33)23-39-42(32(5,6)7,24-16-12-10-13-17-24)25-18-14-11-15-19-25/h10-19H,9,20-23H2,1-8H3. The molecule has 1 aromatic heterocycles. The van der Waals surface area contributed by atoms with Gasteiger partial charge in [-0.2, -0.15) is 0 Å². The van der Waals surface area contributed by atoms with Crippen molar-refractivity contribution in [1.82, 2.24) is 4.98 Å². The van der Waals surface area contributed by atoms with E-state index in [1.807, 2.05) is 32.9 Å². The van der Waals surface area contributed by atoms with E-state index < -0.39 is 26.0 Å². The van der Waals surface area contributed by atoms with Crippen LogP contribution in [-0.2, 0) is 20.3 Å². The number of rotatable bonds is 10. The van der Waals surface area contributed by atoms with Crippen molar-refractivity contribution >= 4 is 47.2 Å². The third-order valence-electron chi connectivity index (χ3n) is 7.61. The Kier molecular flexibility index (Phi) is 9.35. The van der Waals surface area contributed by atoms with Crippen LogP contribution in [0.3, 0.4) is 0 Å². The molecule has 0 radical (unpaired) electrons. The molecule has 0 saturated heterocycles. The molecule has 0 aliphatic heterocycles. The second kappa shape index (κ2) is 12.3. The summed E-state index contributed by atoms with van der Waals surface area (Å²) in [7, 11) is -1.09. The second-order valence-electron chi connectivity index (χ2n) is 13.2. The molecule has 7 nitrogen and oxygen atoms in total. The number of amides is 1. The first kappa shape index (κ1) is 31.9. The Balaban J connectivity index is 1.66. The molecule has 0 N–H and O–H groups in total. The molecular weight excluding hydrogens is 565 g/mol. The van der Waals surface area contributed by atoms with Crippen LogP contribution >= 0.6 is 11.3 Å². The van der Waals surface area contributed by atoms with Gasteiger partial charge < -0.3 is 13.9 Å². The highest BCUT2D eigenvalue weighted by Gasteiger charge is 2.53. The summed E-state index contributed by atoms with van der Waals surface area (Å²) in [6.07, 6.45) is 2.08. The number of nitrogens with zero attached hydrogens (tertiary/aromatic N) is 2. The average molecular weight is 609 g/mol. The molecule has 1 amide bonds. The Hall–Kier alpha value is -3.01. The lowest BCUT2D eigenvalue weighted by Crippen LogP contribution is -2.67. The Bertz CT molecular complexity index is 1340. The number of benzene rings is 2. The molecule has 1 fully saturated rings. The van der Waals surface area contributed by atoms with E-state index in [1.165, 1.54) is 26.6 Å². The third-order valence-corrected chi connectivity index (χ3v) is 13.7.